The molecule has 1 aliphatic carbocycles. The third kappa shape index (κ3) is 3.26. The zero-order valence-electron chi connectivity index (χ0n) is 18.9. The highest BCUT2D eigenvalue weighted by Gasteiger charge is 2.50. The Kier molecular flexibility index (Phi) is 4.38. The van der Waals surface area contributed by atoms with Crippen molar-refractivity contribution in [2.24, 2.45) is 0 Å². The highest BCUT2D eigenvalue weighted by atomic mass is 19.1. The molecule has 5 heterocycles. The number of amides is 1. The van der Waals surface area contributed by atoms with Gasteiger partial charge in [-0.05, 0) is 42.7 Å². The van der Waals surface area contributed by atoms with Gasteiger partial charge in [-0.25, -0.2) is 14.4 Å². The normalized spacial score (nSPS) is 18.1. The first-order chi connectivity index (χ1) is 17.1. The third-order valence-corrected chi connectivity index (χ3v) is 7.27. The number of ether oxygens (including phenoxy) is 1. The number of fused-ring (bicyclic) bond motifs is 2. The largest absolute Gasteiger partial charge is 0.377 e. The predicted octanol–water partition coefficient (Wildman–Crippen LogP) is 3.89. The summed E-state index contributed by atoms with van der Waals surface area (Å²) < 4.78 is 21.1. The predicted molar refractivity (Wildman–Crippen MR) is 129 cm³/mol. The van der Waals surface area contributed by atoms with Crippen LogP contribution in [0.25, 0.3) is 16.9 Å². The van der Waals surface area contributed by atoms with Crippen molar-refractivity contribution in [3.05, 3.63) is 71.9 Å². The van der Waals surface area contributed by atoms with E-state index < -0.39 is 0 Å². The Hall–Kier alpha value is -3.98. The average Bonchev–Trinajstić information content (AvgIpc) is 3.32. The maximum absolute atomic E-state index is 13.6. The van der Waals surface area contributed by atoms with Crippen molar-refractivity contribution in [2.75, 3.05) is 30.0 Å². The summed E-state index contributed by atoms with van der Waals surface area (Å²) in [7, 11) is 0. The molecule has 35 heavy (non-hydrogen) atoms. The Labute approximate surface area is 200 Å². The van der Waals surface area contributed by atoms with Gasteiger partial charge in [-0.2, -0.15) is 0 Å². The lowest BCUT2D eigenvalue weighted by molar-refractivity contribution is 0.0864. The van der Waals surface area contributed by atoms with E-state index in [0.29, 0.717) is 29.3 Å². The third-order valence-electron chi connectivity index (χ3n) is 7.27. The second-order valence-corrected chi connectivity index (χ2v) is 9.37. The number of nitrogens with zero attached hydrogens (tertiary/aromatic N) is 4. The minimum absolute atomic E-state index is 0.134. The minimum Gasteiger partial charge on any atom is -0.377 e. The lowest BCUT2D eigenvalue weighted by atomic mass is 9.99. The first-order valence-electron chi connectivity index (χ1n) is 11.8. The van der Waals surface area contributed by atoms with Gasteiger partial charge in [0.05, 0.1) is 53.8 Å². The molecule has 1 saturated carbocycles. The summed E-state index contributed by atoms with van der Waals surface area (Å²) in [5.41, 5.74) is 5.62. The average molecular weight is 471 g/mol. The van der Waals surface area contributed by atoms with Crippen LogP contribution in [-0.4, -0.2) is 45.6 Å². The van der Waals surface area contributed by atoms with Crippen molar-refractivity contribution in [1.29, 1.82) is 0 Å². The zero-order valence-corrected chi connectivity index (χ0v) is 18.9. The molecule has 8 nitrogen and oxygen atoms in total. The molecule has 9 heteroatoms. The number of benzene rings is 1. The first kappa shape index (κ1) is 20.4. The van der Waals surface area contributed by atoms with Crippen molar-refractivity contribution in [3.63, 3.8) is 0 Å². The van der Waals surface area contributed by atoms with Crippen LogP contribution in [0.2, 0.25) is 0 Å². The molecule has 7 rings (SSSR count). The Balaban J connectivity index is 1.21. The quantitative estimate of drug-likeness (QED) is 0.471. The molecule has 176 valence electrons. The standard InChI is InChI=1S/C26H23FN6O2/c27-16-5-8-32-21(14-29-23(32)11-16)18-2-3-20(24-19(18)13-30-25(24)34)31-22-4-1-17(12-28-22)33-9-10-35-15-26(33)6-7-26/h1-5,8,11-12,14H,6-7,9-10,13,15H2,(H,28,31)(H,30,34). The zero-order chi connectivity index (χ0) is 23.6. The fraction of sp³-hybridized carbons (Fsp3) is 0.269. The van der Waals surface area contributed by atoms with E-state index in [0.717, 1.165) is 55.1 Å². The SMILES string of the molecule is O=C1NCc2c(-c3cnc4cc(F)ccn34)ccc(Nc3ccc(N4CCOCC45CC5)cn3)c21. The maximum Gasteiger partial charge on any atom is 0.254 e. The number of anilines is 3. The fourth-order valence-corrected chi connectivity index (χ4v) is 5.30. The lowest BCUT2D eigenvalue weighted by Gasteiger charge is -2.37. The number of hydrogen-bond donors (Lipinski definition) is 2. The van der Waals surface area contributed by atoms with E-state index in [1.165, 1.54) is 12.1 Å². The van der Waals surface area contributed by atoms with Crippen molar-refractivity contribution >= 4 is 28.7 Å². The molecular weight excluding hydrogens is 447 g/mol. The molecule has 2 fully saturated rings. The molecule has 3 aliphatic rings. The minimum atomic E-state index is -0.337. The van der Waals surface area contributed by atoms with E-state index in [-0.39, 0.29) is 17.3 Å². The van der Waals surface area contributed by atoms with Crippen LogP contribution >= 0.6 is 0 Å². The molecule has 2 N–H and O–H groups in total. The summed E-state index contributed by atoms with van der Waals surface area (Å²) in [5, 5.41) is 6.26. The number of imidazole rings is 1. The Morgan fingerprint density at radius 1 is 1.11 bits per heavy atom. The van der Waals surface area contributed by atoms with Crippen LogP contribution in [0, 0.1) is 5.82 Å². The van der Waals surface area contributed by atoms with Gasteiger partial charge in [-0.15, -0.1) is 0 Å². The monoisotopic (exact) mass is 470 g/mol. The first-order valence-corrected chi connectivity index (χ1v) is 11.8. The number of pyridine rings is 2. The van der Waals surface area contributed by atoms with Gasteiger partial charge >= 0.3 is 0 Å². The van der Waals surface area contributed by atoms with Gasteiger partial charge in [0, 0.05) is 30.9 Å². The van der Waals surface area contributed by atoms with E-state index in [1.54, 1.807) is 12.4 Å². The fourth-order valence-electron chi connectivity index (χ4n) is 5.30. The number of halogens is 1. The van der Waals surface area contributed by atoms with Crippen LogP contribution in [0.3, 0.4) is 0 Å². The second kappa shape index (κ2) is 7.51. The van der Waals surface area contributed by atoms with Crippen LogP contribution in [0.15, 0.2) is 55.0 Å². The lowest BCUT2D eigenvalue weighted by Crippen LogP contribution is -2.47. The molecule has 0 unspecified atom stereocenters. The molecule has 0 atom stereocenters. The van der Waals surface area contributed by atoms with Gasteiger partial charge < -0.3 is 20.3 Å². The Morgan fingerprint density at radius 3 is 2.86 bits per heavy atom. The van der Waals surface area contributed by atoms with E-state index in [1.807, 2.05) is 28.8 Å². The molecule has 1 aromatic carbocycles. The van der Waals surface area contributed by atoms with Crippen LogP contribution in [0.1, 0.15) is 28.8 Å². The number of carbonyl (C=O) groups is 1. The number of aromatic nitrogens is 3. The number of hydrogen-bond acceptors (Lipinski definition) is 6. The molecule has 0 radical (unpaired) electrons. The highest BCUT2D eigenvalue weighted by molar-refractivity contribution is 6.06. The molecule has 2 aliphatic heterocycles. The summed E-state index contributed by atoms with van der Waals surface area (Å²) >= 11 is 0. The molecule has 4 aromatic rings. The molecule has 3 aromatic heterocycles. The molecule has 0 bridgehead atoms. The summed E-state index contributed by atoms with van der Waals surface area (Å²) in [6.07, 6.45) is 7.56. The van der Waals surface area contributed by atoms with E-state index >= 15 is 0 Å². The Bertz CT molecular complexity index is 1480. The van der Waals surface area contributed by atoms with Gasteiger partial charge in [-0.3, -0.25) is 9.20 Å². The van der Waals surface area contributed by atoms with Gasteiger partial charge in [0.25, 0.3) is 5.91 Å². The van der Waals surface area contributed by atoms with E-state index in [2.05, 4.69) is 31.6 Å². The van der Waals surface area contributed by atoms with Gasteiger partial charge in [0.2, 0.25) is 0 Å². The van der Waals surface area contributed by atoms with Crippen LogP contribution < -0.4 is 15.5 Å². The maximum atomic E-state index is 13.6. The highest BCUT2D eigenvalue weighted by Crippen LogP contribution is 2.45. The molecule has 1 saturated heterocycles. The number of nitrogens with one attached hydrogen (secondary N) is 2. The van der Waals surface area contributed by atoms with Crippen molar-refractivity contribution in [1.82, 2.24) is 19.7 Å². The van der Waals surface area contributed by atoms with E-state index in [4.69, 9.17) is 4.74 Å². The Morgan fingerprint density at radius 2 is 2.03 bits per heavy atom. The van der Waals surface area contributed by atoms with Crippen LogP contribution in [0.5, 0.6) is 0 Å². The second-order valence-electron chi connectivity index (χ2n) is 9.37. The number of carbonyl (C=O) groups excluding carboxylic acids is 1. The van der Waals surface area contributed by atoms with Gasteiger partial charge in [-0.1, -0.05) is 6.07 Å². The van der Waals surface area contributed by atoms with Gasteiger partial charge in [0.1, 0.15) is 17.3 Å². The van der Waals surface area contributed by atoms with Gasteiger partial charge in [0.15, 0.2) is 0 Å². The van der Waals surface area contributed by atoms with Crippen molar-refractivity contribution < 1.29 is 13.9 Å². The van der Waals surface area contributed by atoms with Crippen molar-refractivity contribution in [3.8, 4) is 11.3 Å². The number of morpholine rings is 1. The molecular formula is C26H23FN6O2. The van der Waals surface area contributed by atoms with Crippen LogP contribution in [0.4, 0.5) is 21.6 Å². The summed E-state index contributed by atoms with van der Waals surface area (Å²) in [4.78, 5) is 24.2. The van der Waals surface area contributed by atoms with Crippen molar-refractivity contribution in [2.45, 2.75) is 24.9 Å². The van der Waals surface area contributed by atoms with Crippen LogP contribution in [-0.2, 0) is 11.3 Å². The smallest absolute Gasteiger partial charge is 0.254 e. The summed E-state index contributed by atoms with van der Waals surface area (Å²) in [5.74, 6) is 0.201. The molecule has 1 spiro atoms. The van der Waals surface area contributed by atoms with E-state index in [9.17, 15) is 9.18 Å². The summed E-state index contributed by atoms with van der Waals surface area (Å²) in [6, 6.07) is 10.7. The summed E-state index contributed by atoms with van der Waals surface area (Å²) in [6.45, 7) is 2.80. The number of rotatable bonds is 4. The molecule has 1 amide bonds. The topological polar surface area (TPSA) is 83.8 Å².